The van der Waals surface area contributed by atoms with Crippen molar-refractivity contribution in [2.45, 2.75) is 26.7 Å². The van der Waals surface area contributed by atoms with Gasteiger partial charge in [-0.05, 0) is 6.92 Å². The first kappa shape index (κ1) is 21.2. The van der Waals surface area contributed by atoms with E-state index in [1.165, 1.54) is 17.8 Å². The monoisotopic (exact) mass is 370 g/mol. The Labute approximate surface area is 152 Å². The van der Waals surface area contributed by atoms with Crippen LogP contribution in [0.4, 0.5) is 10.7 Å². The number of amides is 2. The third kappa shape index (κ3) is 9.88. The predicted octanol–water partition coefficient (Wildman–Crippen LogP) is 1.34. The van der Waals surface area contributed by atoms with Gasteiger partial charge in [-0.25, -0.2) is 9.78 Å². The Morgan fingerprint density at radius 3 is 2.60 bits per heavy atom. The molecule has 8 nitrogen and oxygen atoms in total. The van der Waals surface area contributed by atoms with E-state index in [0.29, 0.717) is 12.2 Å². The van der Waals surface area contributed by atoms with Gasteiger partial charge in [-0.3, -0.25) is 19.9 Å². The number of aromatic amines is 1. The molecule has 0 aliphatic heterocycles. The topological polar surface area (TPSA) is 104 Å². The summed E-state index contributed by atoms with van der Waals surface area (Å²) >= 11 is 1.36. The van der Waals surface area contributed by atoms with Gasteiger partial charge in [-0.1, -0.05) is 11.8 Å². The number of nitrogens with one attached hydrogen (secondary N) is 3. The first-order valence-corrected chi connectivity index (χ1v) is 9.25. The summed E-state index contributed by atoms with van der Waals surface area (Å²) in [5.74, 6) is 0.987. The third-order valence-corrected chi connectivity index (χ3v) is 4.44. The zero-order valence-corrected chi connectivity index (χ0v) is 16.2. The lowest BCUT2D eigenvalue weighted by Gasteiger charge is -2.29. The molecule has 0 fully saturated rings. The fourth-order valence-electron chi connectivity index (χ4n) is 2.32. The van der Waals surface area contributed by atoms with E-state index in [4.69, 9.17) is 0 Å². The molecule has 1 heterocycles. The smallest absolute Gasteiger partial charge is 0.321 e. The number of hydrogen-bond donors (Lipinski definition) is 3. The molecule has 0 aliphatic rings. The highest BCUT2D eigenvalue weighted by atomic mass is 32.2. The van der Waals surface area contributed by atoms with Gasteiger partial charge in [0.25, 0.3) is 5.56 Å². The Bertz CT molecular complexity index is 645. The molecule has 1 aromatic rings. The van der Waals surface area contributed by atoms with Gasteiger partial charge < -0.3 is 9.80 Å². The summed E-state index contributed by atoms with van der Waals surface area (Å²) in [5.41, 5.74) is 0.242. The average Bonchev–Trinajstić information content (AvgIpc) is 2.47. The maximum absolute atomic E-state index is 11.8. The number of thioether (sulfide) groups is 1. The van der Waals surface area contributed by atoms with E-state index in [1.54, 1.807) is 13.8 Å². The lowest BCUT2D eigenvalue weighted by atomic mass is 10.3. The van der Waals surface area contributed by atoms with Crippen molar-refractivity contribution < 1.29 is 14.1 Å². The number of hydrogen-bond acceptors (Lipinski definition) is 5. The van der Waals surface area contributed by atoms with Crippen LogP contribution in [0.3, 0.4) is 0 Å². The first-order chi connectivity index (χ1) is 11.7. The number of nitrogens with zero attached hydrogens (tertiary/aromatic N) is 2. The third-order valence-electron chi connectivity index (χ3n) is 3.54. The number of carbonyl (C=O) groups excluding carboxylic acids is 2. The fourth-order valence-corrected chi connectivity index (χ4v) is 2.88. The second kappa shape index (κ2) is 10.2. The Kier molecular flexibility index (Phi) is 8.64. The first-order valence-electron chi connectivity index (χ1n) is 8.26. The molecule has 1 rings (SSSR count). The predicted molar refractivity (Wildman–Crippen MR) is 101 cm³/mol. The van der Waals surface area contributed by atoms with Crippen LogP contribution in [-0.2, 0) is 4.79 Å². The molecule has 0 saturated heterocycles. The Balaban J connectivity index is 2.24. The molecule has 1 aromatic heterocycles. The van der Waals surface area contributed by atoms with Crippen molar-refractivity contribution in [3.8, 4) is 0 Å². The van der Waals surface area contributed by atoms with Gasteiger partial charge in [0.2, 0.25) is 5.95 Å². The highest BCUT2D eigenvalue weighted by Crippen LogP contribution is 2.07. The van der Waals surface area contributed by atoms with Crippen LogP contribution in [0.25, 0.3) is 0 Å². The van der Waals surface area contributed by atoms with E-state index in [0.717, 1.165) is 36.2 Å². The van der Waals surface area contributed by atoms with Crippen molar-refractivity contribution in [2.24, 2.45) is 0 Å². The van der Waals surface area contributed by atoms with Gasteiger partial charge in [0.05, 0.1) is 27.2 Å². The molecular weight excluding hydrogens is 342 g/mol. The summed E-state index contributed by atoms with van der Waals surface area (Å²) in [4.78, 5) is 40.5. The van der Waals surface area contributed by atoms with Gasteiger partial charge in [-0.2, -0.15) is 0 Å². The van der Waals surface area contributed by atoms with Crippen LogP contribution in [0.1, 0.15) is 25.5 Å². The number of aromatic nitrogens is 2. The summed E-state index contributed by atoms with van der Waals surface area (Å²) in [5, 5.41) is 5.43. The molecule has 0 atom stereocenters. The van der Waals surface area contributed by atoms with Crippen LogP contribution in [0.5, 0.6) is 0 Å². The van der Waals surface area contributed by atoms with Gasteiger partial charge in [0.15, 0.2) is 5.12 Å². The van der Waals surface area contributed by atoms with Crippen molar-refractivity contribution in [1.82, 2.24) is 15.3 Å². The van der Waals surface area contributed by atoms with E-state index < -0.39 is 6.03 Å². The molecule has 0 spiro atoms. The number of quaternary nitrogens is 1. The van der Waals surface area contributed by atoms with Crippen molar-refractivity contribution in [2.75, 3.05) is 44.8 Å². The number of H-pyrrole nitrogens is 1. The normalized spacial score (nSPS) is 11.2. The van der Waals surface area contributed by atoms with E-state index in [1.807, 2.05) is 0 Å². The fraction of sp³-hybridized carbons (Fsp3) is 0.625. The van der Waals surface area contributed by atoms with Crippen molar-refractivity contribution in [1.29, 1.82) is 0 Å². The molecule has 3 N–H and O–H groups in total. The zero-order valence-electron chi connectivity index (χ0n) is 15.3. The summed E-state index contributed by atoms with van der Waals surface area (Å²) in [6.45, 7) is 5.72. The highest BCUT2D eigenvalue weighted by Gasteiger charge is 2.14. The lowest BCUT2D eigenvalue weighted by Crippen LogP contribution is -2.43. The van der Waals surface area contributed by atoms with Crippen LogP contribution < -0.4 is 16.2 Å². The molecule has 0 aliphatic carbocycles. The molecule has 0 saturated carbocycles. The van der Waals surface area contributed by atoms with E-state index >= 15 is 0 Å². The minimum atomic E-state index is -0.392. The molecular formula is C16H28N5O3S+. The summed E-state index contributed by atoms with van der Waals surface area (Å²) < 4.78 is 0.842. The average molecular weight is 370 g/mol. The molecule has 0 bridgehead atoms. The van der Waals surface area contributed by atoms with Gasteiger partial charge in [0.1, 0.15) is 0 Å². The molecule has 140 valence electrons. The second-order valence-electron chi connectivity index (χ2n) is 6.55. The maximum atomic E-state index is 11.8. The van der Waals surface area contributed by atoms with Crippen molar-refractivity contribution in [3.63, 3.8) is 0 Å². The molecule has 0 aromatic carbocycles. The van der Waals surface area contributed by atoms with E-state index in [2.05, 4.69) is 34.7 Å². The quantitative estimate of drug-likeness (QED) is 0.449. The number of rotatable bonds is 9. The highest BCUT2D eigenvalue weighted by molar-refractivity contribution is 8.13. The number of carbonyl (C=O) groups is 2. The second-order valence-corrected chi connectivity index (χ2v) is 7.82. The van der Waals surface area contributed by atoms with E-state index in [9.17, 15) is 14.4 Å². The maximum Gasteiger partial charge on any atom is 0.321 e. The number of anilines is 1. The van der Waals surface area contributed by atoms with Gasteiger partial charge in [0, 0.05) is 43.8 Å². The zero-order chi connectivity index (χ0) is 18.9. The Morgan fingerprint density at radius 2 is 1.96 bits per heavy atom. The number of aryl methyl sites for hydroxylation is 1. The summed E-state index contributed by atoms with van der Waals surface area (Å²) in [6.07, 6.45) is 1.82. The van der Waals surface area contributed by atoms with Crippen LogP contribution in [-0.4, -0.2) is 65.1 Å². The molecule has 0 unspecified atom stereocenters. The van der Waals surface area contributed by atoms with Gasteiger partial charge in [-0.15, -0.1) is 0 Å². The van der Waals surface area contributed by atoms with E-state index in [-0.39, 0.29) is 16.6 Å². The minimum absolute atomic E-state index is 0.140. The Morgan fingerprint density at radius 1 is 1.28 bits per heavy atom. The molecule has 2 amide bonds. The Hall–Kier alpha value is -1.87. The van der Waals surface area contributed by atoms with Gasteiger partial charge >= 0.3 is 6.03 Å². The lowest BCUT2D eigenvalue weighted by molar-refractivity contribution is -0.890. The minimum Gasteiger partial charge on any atom is -0.338 e. The standard InChI is InChI=1S/C16H27N5O3S/c1-12-11-14(23)19-15(18-12)20-16(24)17-7-5-8-21(3,4)9-6-10-25-13(2)22/h11H,5-10H2,1-4H3,(H2-,17,18,19,20,23,24)/p+1. The van der Waals surface area contributed by atoms with Crippen molar-refractivity contribution >= 4 is 28.9 Å². The summed E-state index contributed by atoms with van der Waals surface area (Å²) in [7, 11) is 4.28. The van der Waals surface area contributed by atoms with Crippen LogP contribution in [0.2, 0.25) is 0 Å². The molecule has 0 radical (unpaired) electrons. The van der Waals surface area contributed by atoms with Crippen LogP contribution in [0.15, 0.2) is 10.9 Å². The van der Waals surface area contributed by atoms with Crippen LogP contribution in [0, 0.1) is 6.92 Å². The van der Waals surface area contributed by atoms with Crippen molar-refractivity contribution in [3.05, 3.63) is 22.1 Å². The largest absolute Gasteiger partial charge is 0.338 e. The SMILES string of the molecule is CC(=O)SCCC[N+](C)(C)CCCNC(=O)Nc1nc(C)cc(=O)[nH]1. The summed E-state index contributed by atoms with van der Waals surface area (Å²) in [6, 6.07) is 0.967. The molecule has 25 heavy (non-hydrogen) atoms. The molecule has 9 heteroatoms. The number of urea groups is 1. The van der Waals surface area contributed by atoms with Crippen LogP contribution >= 0.6 is 11.8 Å².